The zero-order valence-corrected chi connectivity index (χ0v) is 17.3. The average molecular weight is 422 g/mol. The Morgan fingerprint density at radius 1 is 1.18 bits per heavy atom. The van der Waals surface area contributed by atoms with E-state index < -0.39 is 0 Å². The molecule has 0 radical (unpaired) electrons. The summed E-state index contributed by atoms with van der Waals surface area (Å²) in [6, 6.07) is 7.81. The summed E-state index contributed by atoms with van der Waals surface area (Å²) in [5.41, 5.74) is 0.735. The molecule has 1 N–H and O–H groups in total. The molecule has 28 heavy (non-hydrogen) atoms. The second-order valence-corrected chi connectivity index (χ2v) is 8.40. The summed E-state index contributed by atoms with van der Waals surface area (Å²) in [5.74, 6) is 2.81. The number of hydrogen-bond donors (Lipinski definition) is 1. The van der Waals surface area contributed by atoms with E-state index in [2.05, 4.69) is 25.0 Å². The molecule has 1 aliphatic carbocycles. The Kier molecular flexibility index (Phi) is 5.38. The van der Waals surface area contributed by atoms with Gasteiger partial charge in [0.15, 0.2) is 0 Å². The van der Waals surface area contributed by atoms with Crippen molar-refractivity contribution in [2.24, 2.45) is 0 Å². The molecule has 1 aromatic heterocycles. The number of likely N-dealkylation sites (tertiary alicyclic amines) is 1. The average Bonchev–Trinajstić information content (AvgIpc) is 3.41. The van der Waals surface area contributed by atoms with Crippen molar-refractivity contribution in [3.63, 3.8) is 0 Å². The van der Waals surface area contributed by atoms with Crippen molar-refractivity contribution < 1.29 is 4.79 Å². The van der Waals surface area contributed by atoms with E-state index in [1.807, 2.05) is 24.3 Å². The summed E-state index contributed by atoms with van der Waals surface area (Å²) in [5, 5.41) is 12.8. The van der Waals surface area contributed by atoms with Crippen LogP contribution in [0, 0.1) is 0 Å². The SMILES string of the molecule is Cl.O=C(N1CCC(c2nnc3n2CCNC3)CC1)C1(c2cccc(Cl)c2)CC1. The van der Waals surface area contributed by atoms with E-state index in [1.54, 1.807) is 0 Å². The molecule has 6 nitrogen and oxygen atoms in total. The Morgan fingerprint density at radius 3 is 2.68 bits per heavy atom. The quantitative estimate of drug-likeness (QED) is 0.827. The summed E-state index contributed by atoms with van der Waals surface area (Å²) >= 11 is 6.16. The first-order valence-corrected chi connectivity index (χ1v) is 10.2. The lowest BCUT2D eigenvalue weighted by atomic mass is 9.91. The van der Waals surface area contributed by atoms with Gasteiger partial charge in [0.1, 0.15) is 11.6 Å². The predicted octanol–water partition coefficient (Wildman–Crippen LogP) is 2.89. The number of piperidine rings is 1. The number of halogens is 2. The van der Waals surface area contributed by atoms with Crippen LogP contribution in [0.3, 0.4) is 0 Å². The maximum atomic E-state index is 13.3. The van der Waals surface area contributed by atoms with E-state index in [0.717, 1.165) is 75.6 Å². The highest BCUT2D eigenvalue weighted by Crippen LogP contribution is 2.50. The van der Waals surface area contributed by atoms with Gasteiger partial charge in [-0.3, -0.25) is 4.79 Å². The molecule has 2 aliphatic heterocycles. The number of benzene rings is 1. The zero-order chi connectivity index (χ0) is 18.4. The van der Waals surface area contributed by atoms with Crippen molar-refractivity contribution in [1.29, 1.82) is 0 Å². The van der Waals surface area contributed by atoms with Gasteiger partial charge in [0, 0.05) is 37.1 Å². The number of hydrogen-bond acceptors (Lipinski definition) is 4. The highest BCUT2D eigenvalue weighted by Gasteiger charge is 2.53. The fourth-order valence-corrected chi connectivity index (χ4v) is 4.79. The molecule has 2 fully saturated rings. The Labute approximate surface area is 176 Å². The van der Waals surface area contributed by atoms with Gasteiger partial charge in [-0.1, -0.05) is 23.7 Å². The number of aromatic nitrogens is 3. The van der Waals surface area contributed by atoms with Crippen LogP contribution in [-0.2, 0) is 23.3 Å². The molecular weight excluding hydrogens is 397 g/mol. The van der Waals surface area contributed by atoms with Crippen LogP contribution in [0.4, 0.5) is 0 Å². The van der Waals surface area contributed by atoms with Crippen molar-refractivity contribution in [3.05, 3.63) is 46.5 Å². The van der Waals surface area contributed by atoms with Crippen molar-refractivity contribution in [3.8, 4) is 0 Å². The maximum Gasteiger partial charge on any atom is 0.233 e. The molecule has 2 aromatic rings. The lowest BCUT2D eigenvalue weighted by molar-refractivity contribution is -0.135. The lowest BCUT2D eigenvalue weighted by Gasteiger charge is -2.34. The predicted molar refractivity (Wildman–Crippen MR) is 110 cm³/mol. The van der Waals surface area contributed by atoms with Gasteiger partial charge >= 0.3 is 0 Å². The second-order valence-electron chi connectivity index (χ2n) is 7.96. The molecule has 0 atom stereocenters. The standard InChI is InChI=1S/C20H24ClN5O.ClH/c21-16-3-1-2-15(12-16)20(6-7-20)19(27)25-9-4-14(5-10-25)18-24-23-17-13-22-8-11-26(17)18;/h1-3,12,14,22H,4-11,13H2;1H. The first-order valence-electron chi connectivity index (χ1n) is 9.85. The molecule has 0 bridgehead atoms. The fraction of sp³-hybridized carbons (Fsp3) is 0.550. The summed E-state index contributed by atoms with van der Waals surface area (Å²) in [4.78, 5) is 15.3. The summed E-state index contributed by atoms with van der Waals surface area (Å²) in [6.07, 6.45) is 3.78. The molecule has 8 heteroatoms. The Hall–Kier alpha value is -1.63. The normalized spacial score (nSPS) is 21.0. The molecule has 150 valence electrons. The Morgan fingerprint density at radius 2 is 1.96 bits per heavy atom. The van der Waals surface area contributed by atoms with Crippen molar-refractivity contribution in [2.75, 3.05) is 19.6 Å². The number of rotatable bonds is 3. The molecule has 1 amide bonds. The Balaban J connectivity index is 0.00000192. The largest absolute Gasteiger partial charge is 0.342 e. The van der Waals surface area contributed by atoms with E-state index in [-0.39, 0.29) is 23.7 Å². The van der Waals surface area contributed by atoms with Crippen LogP contribution in [0.25, 0.3) is 0 Å². The zero-order valence-electron chi connectivity index (χ0n) is 15.7. The highest BCUT2D eigenvalue weighted by atomic mass is 35.5. The van der Waals surface area contributed by atoms with Crippen LogP contribution in [0.15, 0.2) is 24.3 Å². The van der Waals surface area contributed by atoms with Crippen molar-refractivity contribution >= 4 is 29.9 Å². The third-order valence-corrected chi connectivity index (χ3v) is 6.57. The molecule has 3 heterocycles. The first-order chi connectivity index (χ1) is 13.2. The smallest absolute Gasteiger partial charge is 0.233 e. The van der Waals surface area contributed by atoms with Gasteiger partial charge in [-0.2, -0.15) is 0 Å². The van der Waals surface area contributed by atoms with E-state index in [9.17, 15) is 4.79 Å². The number of carbonyl (C=O) groups excluding carboxylic acids is 1. The van der Waals surface area contributed by atoms with E-state index in [4.69, 9.17) is 11.6 Å². The van der Waals surface area contributed by atoms with Crippen LogP contribution in [0.2, 0.25) is 5.02 Å². The highest BCUT2D eigenvalue weighted by molar-refractivity contribution is 6.30. The van der Waals surface area contributed by atoms with Gasteiger partial charge in [-0.05, 0) is 43.4 Å². The number of nitrogens with one attached hydrogen (secondary N) is 1. The van der Waals surface area contributed by atoms with Gasteiger partial charge in [-0.15, -0.1) is 22.6 Å². The van der Waals surface area contributed by atoms with Crippen molar-refractivity contribution in [2.45, 2.75) is 50.1 Å². The lowest BCUT2D eigenvalue weighted by Crippen LogP contribution is -2.44. The number of fused-ring (bicyclic) bond motifs is 1. The number of carbonyl (C=O) groups is 1. The Bertz CT molecular complexity index is 871. The van der Waals surface area contributed by atoms with Crippen molar-refractivity contribution in [1.82, 2.24) is 25.0 Å². The minimum atomic E-state index is -0.336. The van der Waals surface area contributed by atoms with E-state index >= 15 is 0 Å². The molecule has 1 saturated heterocycles. The fourth-order valence-electron chi connectivity index (χ4n) is 4.60. The van der Waals surface area contributed by atoms with Gasteiger partial charge in [-0.25, -0.2) is 0 Å². The molecule has 0 unspecified atom stereocenters. The van der Waals surface area contributed by atoms with Gasteiger partial charge in [0.05, 0.1) is 12.0 Å². The second kappa shape index (κ2) is 7.65. The molecule has 5 rings (SSSR count). The van der Waals surface area contributed by atoms with Crippen LogP contribution < -0.4 is 5.32 Å². The third kappa shape index (κ3) is 3.31. The van der Waals surface area contributed by atoms with Gasteiger partial charge in [0.2, 0.25) is 5.91 Å². The third-order valence-electron chi connectivity index (χ3n) is 6.34. The minimum Gasteiger partial charge on any atom is -0.342 e. The monoisotopic (exact) mass is 421 g/mol. The topological polar surface area (TPSA) is 63.1 Å². The maximum absolute atomic E-state index is 13.3. The first kappa shape index (κ1) is 19.7. The molecule has 0 spiro atoms. The minimum absolute atomic E-state index is 0. The number of nitrogens with zero attached hydrogens (tertiary/aromatic N) is 4. The van der Waals surface area contributed by atoms with Crippen LogP contribution in [-0.4, -0.2) is 45.2 Å². The van der Waals surface area contributed by atoms with Gasteiger partial charge in [0.25, 0.3) is 0 Å². The van der Waals surface area contributed by atoms with Crippen LogP contribution in [0.1, 0.15) is 48.8 Å². The van der Waals surface area contributed by atoms with E-state index in [1.165, 1.54) is 0 Å². The van der Waals surface area contributed by atoms with E-state index in [0.29, 0.717) is 10.9 Å². The number of amides is 1. The molecular formula is C20H25Cl2N5O. The van der Waals surface area contributed by atoms with Crippen LogP contribution >= 0.6 is 24.0 Å². The summed E-state index contributed by atoms with van der Waals surface area (Å²) < 4.78 is 2.27. The molecule has 1 aromatic carbocycles. The summed E-state index contributed by atoms with van der Waals surface area (Å²) in [7, 11) is 0. The van der Waals surface area contributed by atoms with Gasteiger partial charge < -0.3 is 14.8 Å². The van der Waals surface area contributed by atoms with Crippen LogP contribution in [0.5, 0.6) is 0 Å². The molecule has 3 aliphatic rings. The molecule has 1 saturated carbocycles. The summed E-state index contributed by atoms with van der Waals surface area (Å²) in [6.45, 7) is 4.30.